The Morgan fingerprint density at radius 1 is 0.861 bits per heavy atom. The van der Waals surface area contributed by atoms with Crippen LogP contribution in [-0.4, -0.2) is 61.1 Å². The van der Waals surface area contributed by atoms with Gasteiger partial charge in [-0.1, -0.05) is 18.2 Å². The van der Waals surface area contributed by atoms with Crippen LogP contribution in [0.5, 0.6) is 17.2 Å². The van der Waals surface area contributed by atoms with Crippen LogP contribution in [-0.2, 0) is 9.59 Å². The summed E-state index contributed by atoms with van der Waals surface area (Å²) in [6, 6.07) is 12.5. The average Bonchev–Trinajstić information content (AvgIpc) is 2.88. The first-order chi connectivity index (χ1) is 17.6. The van der Waals surface area contributed by atoms with Crippen molar-refractivity contribution in [2.45, 2.75) is 38.1 Å². The molecule has 2 aromatic carbocycles. The number of ether oxygens (including phenoxy) is 1. The maximum absolute atomic E-state index is 13.0. The summed E-state index contributed by atoms with van der Waals surface area (Å²) in [5.74, 6) is 0.821. The van der Waals surface area contributed by atoms with Gasteiger partial charge < -0.3 is 30.7 Å². The minimum atomic E-state index is -0.129. The first-order valence-electron chi connectivity index (χ1n) is 12.9. The summed E-state index contributed by atoms with van der Waals surface area (Å²) in [5.41, 5.74) is 1.76. The highest BCUT2D eigenvalue weighted by atomic mass is 16.5. The van der Waals surface area contributed by atoms with Gasteiger partial charge >= 0.3 is 0 Å². The first-order valence-corrected chi connectivity index (χ1v) is 12.9. The van der Waals surface area contributed by atoms with Crippen molar-refractivity contribution in [3.05, 3.63) is 59.7 Å². The zero-order chi connectivity index (χ0) is 25.2. The number of aromatic hydroxyl groups is 1. The predicted octanol–water partition coefficient (Wildman–Crippen LogP) is 3.34. The van der Waals surface area contributed by atoms with Crippen LogP contribution in [0.1, 0.15) is 49.3 Å². The summed E-state index contributed by atoms with van der Waals surface area (Å²) in [4.78, 5) is 27.6. The fourth-order valence-corrected chi connectivity index (χ4v) is 4.45. The Balaban J connectivity index is 1.66. The van der Waals surface area contributed by atoms with Crippen LogP contribution in [0, 0.1) is 0 Å². The molecule has 0 unspecified atom stereocenters. The van der Waals surface area contributed by atoms with E-state index in [0.29, 0.717) is 44.0 Å². The molecule has 192 valence electrons. The van der Waals surface area contributed by atoms with E-state index in [1.807, 2.05) is 29.2 Å². The van der Waals surface area contributed by atoms with Gasteiger partial charge in [0.2, 0.25) is 11.8 Å². The molecule has 8 heteroatoms. The lowest BCUT2D eigenvalue weighted by Gasteiger charge is -2.22. The number of phenolic OH excluding ortho intramolecular Hbond substituents is 1. The average molecular weight is 493 g/mol. The van der Waals surface area contributed by atoms with Gasteiger partial charge in [-0.3, -0.25) is 9.59 Å². The number of hydrogen-bond donors (Lipinski definition) is 4. The molecule has 2 amide bonds. The number of nitrogens with one attached hydrogen (secondary N) is 3. The summed E-state index contributed by atoms with van der Waals surface area (Å²) < 4.78 is 5.94. The molecule has 2 aromatic rings. The Morgan fingerprint density at radius 2 is 1.67 bits per heavy atom. The molecular formula is C28H36N4O4. The fraction of sp³-hybridized carbons (Fsp3) is 0.429. The number of amides is 2. The third kappa shape index (κ3) is 7.57. The summed E-state index contributed by atoms with van der Waals surface area (Å²) >= 11 is 0. The van der Waals surface area contributed by atoms with Crippen LogP contribution in [0.2, 0.25) is 0 Å². The van der Waals surface area contributed by atoms with Crippen molar-refractivity contribution in [1.82, 2.24) is 20.9 Å². The zero-order valence-electron chi connectivity index (χ0n) is 20.7. The van der Waals surface area contributed by atoms with E-state index in [9.17, 15) is 14.7 Å². The predicted molar refractivity (Wildman–Crippen MR) is 140 cm³/mol. The van der Waals surface area contributed by atoms with E-state index in [4.69, 9.17) is 4.74 Å². The lowest BCUT2D eigenvalue weighted by Crippen LogP contribution is -2.35. The molecule has 0 aliphatic carbocycles. The Labute approximate surface area is 212 Å². The molecule has 0 saturated carbocycles. The number of rotatable bonds is 0. The van der Waals surface area contributed by atoms with Crippen LogP contribution < -0.4 is 20.7 Å². The van der Waals surface area contributed by atoms with Gasteiger partial charge in [0.25, 0.3) is 0 Å². The molecule has 5 rings (SSSR count). The Kier molecular flexibility index (Phi) is 9.35. The molecule has 1 fully saturated rings. The molecule has 1 saturated heterocycles. The number of nitrogens with zero attached hydrogens (tertiary/aromatic N) is 1. The first kappa shape index (κ1) is 25.7. The van der Waals surface area contributed by atoms with Crippen molar-refractivity contribution < 1.29 is 19.4 Å². The minimum Gasteiger partial charge on any atom is -0.504 e. The molecule has 3 heterocycles. The second-order valence-electron chi connectivity index (χ2n) is 9.28. The molecule has 8 nitrogen and oxygen atoms in total. The van der Waals surface area contributed by atoms with Gasteiger partial charge in [0.05, 0.1) is 0 Å². The molecular weight excluding hydrogens is 456 g/mol. The van der Waals surface area contributed by atoms with Crippen LogP contribution in [0.15, 0.2) is 48.5 Å². The Morgan fingerprint density at radius 3 is 2.53 bits per heavy atom. The maximum Gasteiger partial charge on any atom is 0.246 e. The maximum atomic E-state index is 13.0. The Bertz CT molecular complexity index is 1050. The van der Waals surface area contributed by atoms with Crippen molar-refractivity contribution in [1.29, 1.82) is 0 Å². The largest absolute Gasteiger partial charge is 0.504 e. The molecule has 0 spiro atoms. The van der Waals surface area contributed by atoms with Crippen LogP contribution in [0.3, 0.4) is 0 Å². The SMILES string of the molecule is O=C1C[C@@H]2NCCCNCCCCN(CCCN1)C(=O)/C=C/c1ccc(O)c(c1)Oc1ccc2cc1. The van der Waals surface area contributed by atoms with E-state index in [1.54, 1.807) is 30.4 Å². The number of benzene rings is 2. The van der Waals surface area contributed by atoms with Gasteiger partial charge in [-0.25, -0.2) is 0 Å². The van der Waals surface area contributed by atoms with Crippen LogP contribution >= 0.6 is 0 Å². The molecule has 0 aromatic heterocycles. The summed E-state index contributed by atoms with van der Waals surface area (Å²) in [5, 5.41) is 20.4. The van der Waals surface area contributed by atoms with Gasteiger partial charge in [-0.05, 0) is 86.8 Å². The van der Waals surface area contributed by atoms with Gasteiger partial charge in [0, 0.05) is 38.2 Å². The van der Waals surface area contributed by atoms with E-state index >= 15 is 0 Å². The van der Waals surface area contributed by atoms with Crippen molar-refractivity contribution in [2.24, 2.45) is 0 Å². The highest BCUT2D eigenvalue weighted by Crippen LogP contribution is 2.32. The molecule has 3 aliphatic heterocycles. The van der Waals surface area contributed by atoms with E-state index in [1.165, 1.54) is 0 Å². The van der Waals surface area contributed by atoms with E-state index in [0.717, 1.165) is 50.0 Å². The zero-order valence-corrected chi connectivity index (χ0v) is 20.7. The van der Waals surface area contributed by atoms with Gasteiger partial charge in [0.15, 0.2) is 11.5 Å². The lowest BCUT2D eigenvalue weighted by molar-refractivity contribution is -0.126. The highest BCUT2D eigenvalue weighted by Gasteiger charge is 2.17. The summed E-state index contributed by atoms with van der Waals surface area (Å²) in [6.45, 7) is 4.36. The summed E-state index contributed by atoms with van der Waals surface area (Å²) in [7, 11) is 0. The number of fused-ring (bicyclic) bond motifs is 3. The molecule has 36 heavy (non-hydrogen) atoms. The van der Waals surface area contributed by atoms with Gasteiger partial charge in [-0.2, -0.15) is 0 Å². The van der Waals surface area contributed by atoms with E-state index < -0.39 is 0 Å². The quantitative estimate of drug-likeness (QED) is 0.450. The van der Waals surface area contributed by atoms with Crippen LogP contribution in [0.25, 0.3) is 6.08 Å². The standard InChI is InChI=1S/C28H36N4O4/c33-25-11-5-21-6-12-28(35)32-17-2-1-13-29-14-3-15-30-24(20-27(34)31-16-4-18-32)22-7-9-23(10-8-22)36-26(25)19-21/h5-12,19,24,29-30,33H,1-4,13-18,20H2,(H,31,34)/b12-6+/t24-/m0/s1. The topological polar surface area (TPSA) is 103 Å². The van der Waals surface area contributed by atoms with E-state index in [-0.39, 0.29) is 23.6 Å². The monoisotopic (exact) mass is 492 g/mol. The highest BCUT2D eigenvalue weighted by molar-refractivity contribution is 5.91. The van der Waals surface area contributed by atoms with Crippen LogP contribution in [0.4, 0.5) is 0 Å². The second kappa shape index (κ2) is 13.1. The van der Waals surface area contributed by atoms with Crippen molar-refractivity contribution in [2.75, 3.05) is 39.3 Å². The lowest BCUT2D eigenvalue weighted by atomic mass is 10.0. The summed E-state index contributed by atoms with van der Waals surface area (Å²) in [6.07, 6.45) is 7.16. The number of carbonyl (C=O) groups is 2. The molecule has 0 radical (unpaired) electrons. The van der Waals surface area contributed by atoms with Gasteiger partial charge in [-0.15, -0.1) is 0 Å². The third-order valence-electron chi connectivity index (χ3n) is 6.49. The second-order valence-corrected chi connectivity index (χ2v) is 9.28. The number of phenols is 1. The molecule has 1 atom stereocenters. The van der Waals surface area contributed by atoms with Gasteiger partial charge in [0.1, 0.15) is 5.75 Å². The molecule has 6 bridgehead atoms. The normalized spacial score (nSPS) is 21.6. The smallest absolute Gasteiger partial charge is 0.246 e. The van der Waals surface area contributed by atoms with Crippen molar-refractivity contribution >= 4 is 17.9 Å². The molecule has 4 N–H and O–H groups in total. The number of hydrogen-bond acceptors (Lipinski definition) is 6. The minimum absolute atomic E-state index is 0.0214. The fourth-order valence-electron chi connectivity index (χ4n) is 4.45. The molecule has 3 aliphatic rings. The van der Waals surface area contributed by atoms with Crippen molar-refractivity contribution in [3.63, 3.8) is 0 Å². The van der Waals surface area contributed by atoms with E-state index in [2.05, 4.69) is 16.0 Å². The Hall–Kier alpha value is -3.36. The van der Waals surface area contributed by atoms with Crippen molar-refractivity contribution in [3.8, 4) is 17.2 Å². The third-order valence-corrected chi connectivity index (χ3v) is 6.49. The number of carbonyl (C=O) groups excluding carboxylic acids is 2.